The van der Waals surface area contributed by atoms with Crippen molar-refractivity contribution in [3.63, 3.8) is 0 Å². The highest BCUT2D eigenvalue weighted by Gasteiger charge is 2.13. The summed E-state index contributed by atoms with van der Waals surface area (Å²) < 4.78 is 11.5. The largest absolute Gasteiger partial charge is 0.497 e. The summed E-state index contributed by atoms with van der Waals surface area (Å²) in [6.45, 7) is 5.11. The van der Waals surface area contributed by atoms with E-state index in [9.17, 15) is 0 Å². The zero-order valence-electron chi connectivity index (χ0n) is 12.7. The molecule has 0 radical (unpaired) electrons. The monoisotopic (exact) mass is 275 g/mol. The Morgan fingerprint density at radius 3 is 2.85 bits per heavy atom. The van der Waals surface area contributed by atoms with Crippen molar-refractivity contribution in [2.45, 2.75) is 51.8 Å². The molecule has 3 heteroatoms. The maximum absolute atomic E-state index is 6.15. The molecule has 0 fully saturated rings. The van der Waals surface area contributed by atoms with Crippen LogP contribution in [0.5, 0.6) is 11.5 Å². The van der Waals surface area contributed by atoms with E-state index < -0.39 is 0 Å². The molecule has 1 aromatic carbocycles. The molecular formula is C17H25NO2. The number of rotatable bonds is 6. The van der Waals surface area contributed by atoms with Crippen molar-refractivity contribution in [2.75, 3.05) is 7.11 Å². The molecule has 20 heavy (non-hydrogen) atoms. The minimum Gasteiger partial charge on any atom is -0.497 e. The lowest BCUT2D eigenvalue weighted by atomic mass is 10.1. The van der Waals surface area contributed by atoms with Crippen LogP contribution in [0.2, 0.25) is 0 Å². The van der Waals surface area contributed by atoms with Crippen molar-refractivity contribution in [2.24, 2.45) is 0 Å². The molecule has 0 amide bonds. The zero-order chi connectivity index (χ0) is 14.4. The third kappa shape index (κ3) is 4.27. The van der Waals surface area contributed by atoms with Gasteiger partial charge in [-0.1, -0.05) is 26.0 Å². The van der Waals surface area contributed by atoms with Gasteiger partial charge in [0.05, 0.1) is 7.11 Å². The summed E-state index contributed by atoms with van der Waals surface area (Å²) in [6.07, 6.45) is 8.02. The molecule has 0 saturated heterocycles. The van der Waals surface area contributed by atoms with Crippen molar-refractivity contribution >= 4 is 0 Å². The summed E-state index contributed by atoms with van der Waals surface area (Å²) in [7, 11) is 1.69. The third-order valence-electron chi connectivity index (χ3n) is 3.46. The van der Waals surface area contributed by atoms with Crippen LogP contribution in [0.25, 0.3) is 0 Å². The van der Waals surface area contributed by atoms with Gasteiger partial charge in [0.1, 0.15) is 17.6 Å². The molecule has 1 N–H and O–H groups in total. The van der Waals surface area contributed by atoms with Crippen LogP contribution in [0.1, 0.15) is 38.7 Å². The minimum absolute atomic E-state index is 0.189. The van der Waals surface area contributed by atoms with E-state index in [0.717, 1.165) is 24.5 Å². The van der Waals surface area contributed by atoms with Gasteiger partial charge in [-0.05, 0) is 31.4 Å². The molecule has 0 spiro atoms. The normalized spacial score (nSPS) is 18.3. The Kier molecular flexibility index (Phi) is 5.48. The first-order chi connectivity index (χ1) is 9.69. The number of ether oxygens (including phenoxy) is 2. The highest BCUT2D eigenvalue weighted by atomic mass is 16.5. The first-order valence-electron chi connectivity index (χ1n) is 7.42. The summed E-state index contributed by atoms with van der Waals surface area (Å²) in [5.41, 5.74) is 1.18. The summed E-state index contributed by atoms with van der Waals surface area (Å²) in [6, 6.07) is 6.51. The molecule has 3 nitrogen and oxygen atoms in total. The fourth-order valence-electron chi connectivity index (χ4n) is 2.27. The van der Waals surface area contributed by atoms with Gasteiger partial charge in [-0.25, -0.2) is 0 Å². The molecule has 1 unspecified atom stereocenters. The molecule has 2 rings (SSSR count). The van der Waals surface area contributed by atoms with Gasteiger partial charge < -0.3 is 14.8 Å². The number of benzene rings is 1. The van der Waals surface area contributed by atoms with Gasteiger partial charge >= 0.3 is 0 Å². The number of methoxy groups -OCH3 is 1. The molecular weight excluding hydrogens is 250 g/mol. The van der Waals surface area contributed by atoms with E-state index in [4.69, 9.17) is 9.47 Å². The Hall–Kier alpha value is -1.48. The van der Waals surface area contributed by atoms with Gasteiger partial charge in [0.25, 0.3) is 0 Å². The minimum atomic E-state index is 0.189. The molecule has 1 aromatic rings. The predicted octanol–water partition coefficient (Wildman–Crippen LogP) is 3.68. The van der Waals surface area contributed by atoms with E-state index in [1.54, 1.807) is 7.11 Å². The molecule has 0 aromatic heterocycles. The predicted molar refractivity (Wildman–Crippen MR) is 82.4 cm³/mol. The maximum atomic E-state index is 6.15. The lowest BCUT2D eigenvalue weighted by Crippen LogP contribution is -2.23. The van der Waals surface area contributed by atoms with E-state index >= 15 is 0 Å². The maximum Gasteiger partial charge on any atom is 0.128 e. The second-order valence-corrected chi connectivity index (χ2v) is 5.52. The van der Waals surface area contributed by atoms with E-state index in [-0.39, 0.29) is 6.10 Å². The van der Waals surface area contributed by atoms with Crippen molar-refractivity contribution in [3.8, 4) is 11.5 Å². The second kappa shape index (κ2) is 7.34. The lowest BCUT2D eigenvalue weighted by Gasteiger charge is -2.21. The van der Waals surface area contributed by atoms with Crippen molar-refractivity contribution < 1.29 is 9.47 Å². The summed E-state index contributed by atoms with van der Waals surface area (Å²) in [5, 5.41) is 3.44. The Bertz CT molecular complexity index is 454. The topological polar surface area (TPSA) is 30.5 Å². The Balaban J connectivity index is 2.13. The summed E-state index contributed by atoms with van der Waals surface area (Å²) in [4.78, 5) is 0. The van der Waals surface area contributed by atoms with Gasteiger partial charge in [-0.3, -0.25) is 0 Å². The van der Waals surface area contributed by atoms with Gasteiger partial charge in [0, 0.05) is 24.2 Å². The smallest absolute Gasteiger partial charge is 0.128 e. The number of nitrogens with one attached hydrogen (secondary N) is 1. The van der Waals surface area contributed by atoms with E-state index in [1.807, 2.05) is 12.1 Å². The van der Waals surface area contributed by atoms with Crippen LogP contribution < -0.4 is 14.8 Å². The van der Waals surface area contributed by atoms with Gasteiger partial charge in [0.2, 0.25) is 0 Å². The zero-order valence-corrected chi connectivity index (χ0v) is 12.7. The van der Waals surface area contributed by atoms with Crippen LogP contribution in [0.4, 0.5) is 0 Å². The van der Waals surface area contributed by atoms with Crippen LogP contribution >= 0.6 is 0 Å². The van der Waals surface area contributed by atoms with Gasteiger partial charge in [-0.15, -0.1) is 0 Å². The number of hydrogen-bond donors (Lipinski definition) is 1. The standard InChI is InChI=1S/C17H25NO2/c1-13(2)18-12-14-9-10-16(19-3)11-17(14)20-15-7-5-4-6-8-15/h5,7,9-11,13,15,18H,4,6,8,12H2,1-3H3. The molecule has 0 saturated carbocycles. The molecule has 1 atom stereocenters. The molecule has 0 aliphatic heterocycles. The van der Waals surface area contributed by atoms with Crippen molar-refractivity contribution in [1.82, 2.24) is 5.32 Å². The Morgan fingerprint density at radius 2 is 2.20 bits per heavy atom. The third-order valence-corrected chi connectivity index (χ3v) is 3.46. The fourth-order valence-corrected chi connectivity index (χ4v) is 2.27. The van der Waals surface area contributed by atoms with Crippen LogP contribution in [0.15, 0.2) is 30.4 Å². The Morgan fingerprint density at radius 1 is 1.35 bits per heavy atom. The number of allylic oxidation sites excluding steroid dienone is 1. The SMILES string of the molecule is COc1ccc(CNC(C)C)c(OC2C=CCCC2)c1. The van der Waals surface area contributed by atoms with Crippen LogP contribution in [-0.2, 0) is 6.54 Å². The molecule has 110 valence electrons. The van der Waals surface area contributed by atoms with Crippen molar-refractivity contribution in [3.05, 3.63) is 35.9 Å². The average molecular weight is 275 g/mol. The fraction of sp³-hybridized carbons (Fsp3) is 0.529. The second-order valence-electron chi connectivity index (χ2n) is 5.52. The average Bonchev–Trinajstić information content (AvgIpc) is 2.46. The van der Waals surface area contributed by atoms with Crippen LogP contribution in [0.3, 0.4) is 0 Å². The van der Waals surface area contributed by atoms with E-state index in [2.05, 4.69) is 37.4 Å². The highest BCUT2D eigenvalue weighted by Crippen LogP contribution is 2.27. The molecule has 1 aliphatic rings. The summed E-state index contributed by atoms with van der Waals surface area (Å²) in [5.74, 6) is 1.77. The first-order valence-corrected chi connectivity index (χ1v) is 7.42. The number of hydrogen-bond acceptors (Lipinski definition) is 3. The molecule has 0 bridgehead atoms. The molecule has 1 aliphatic carbocycles. The van der Waals surface area contributed by atoms with Crippen LogP contribution in [0, 0.1) is 0 Å². The van der Waals surface area contributed by atoms with Crippen LogP contribution in [-0.4, -0.2) is 19.3 Å². The quantitative estimate of drug-likeness (QED) is 0.803. The molecule has 0 heterocycles. The van der Waals surface area contributed by atoms with E-state index in [0.29, 0.717) is 6.04 Å². The lowest BCUT2D eigenvalue weighted by molar-refractivity contribution is 0.226. The van der Waals surface area contributed by atoms with E-state index in [1.165, 1.54) is 18.4 Å². The van der Waals surface area contributed by atoms with Gasteiger partial charge in [0.15, 0.2) is 0 Å². The highest BCUT2D eigenvalue weighted by molar-refractivity contribution is 5.41. The van der Waals surface area contributed by atoms with Gasteiger partial charge in [-0.2, -0.15) is 0 Å². The summed E-state index contributed by atoms with van der Waals surface area (Å²) >= 11 is 0. The van der Waals surface area contributed by atoms with Crippen molar-refractivity contribution in [1.29, 1.82) is 0 Å². The first kappa shape index (κ1) is 14.9. The Labute approximate surface area is 122 Å².